The Bertz CT molecular complexity index is 1190. The monoisotopic (exact) mass is 371 g/mol. The third-order valence-corrected chi connectivity index (χ3v) is 4.41. The van der Waals surface area contributed by atoms with E-state index in [0.717, 1.165) is 5.75 Å². The van der Waals surface area contributed by atoms with Crippen molar-refractivity contribution in [1.29, 1.82) is 0 Å². The molecule has 0 radical (unpaired) electrons. The summed E-state index contributed by atoms with van der Waals surface area (Å²) >= 11 is 0. The van der Waals surface area contributed by atoms with E-state index in [4.69, 9.17) is 4.74 Å². The Morgan fingerprint density at radius 1 is 0.857 bits per heavy atom. The minimum absolute atomic E-state index is 0.197. The van der Waals surface area contributed by atoms with E-state index in [-0.39, 0.29) is 17.2 Å². The van der Waals surface area contributed by atoms with E-state index < -0.39 is 0 Å². The highest BCUT2D eigenvalue weighted by Crippen LogP contribution is 2.25. The van der Waals surface area contributed by atoms with Crippen LogP contribution in [-0.4, -0.2) is 23.2 Å². The van der Waals surface area contributed by atoms with Crippen LogP contribution >= 0.6 is 0 Å². The van der Waals surface area contributed by atoms with Crippen LogP contribution in [0.4, 0.5) is 5.69 Å². The van der Waals surface area contributed by atoms with Gasteiger partial charge in [0.15, 0.2) is 5.69 Å². The van der Waals surface area contributed by atoms with Gasteiger partial charge in [0, 0.05) is 18.1 Å². The lowest BCUT2D eigenvalue weighted by Crippen LogP contribution is -2.28. The first-order valence-corrected chi connectivity index (χ1v) is 8.72. The number of rotatable bonds is 4. The van der Waals surface area contributed by atoms with Crippen molar-refractivity contribution < 1.29 is 9.53 Å². The van der Waals surface area contributed by atoms with Crippen molar-refractivity contribution in [3.63, 3.8) is 0 Å². The van der Waals surface area contributed by atoms with Crippen LogP contribution in [0, 0.1) is 0 Å². The highest BCUT2D eigenvalue weighted by molar-refractivity contribution is 6.12. The Hall–Kier alpha value is -3.93. The molecule has 1 amide bonds. The molecule has 0 saturated heterocycles. The molecule has 0 bridgehead atoms. The van der Waals surface area contributed by atoms with E-state index in [1.807, 2.05) is 30.3 Å². The molecule has 6 nitrogen and oxygen atoms in total. The van der Waals surface area contributed by atoms with Crippen molar-refractivity contribution in [2.75, 3.05) is 11.9 Å². The zero-order valence-corrected chi connectivity index (χ0v) is 15.1. The molecule has 0 aliphatic heterocycles. The quantitative estimate of drug-likeness (QED) is 0.588. The summed E-state index contributed by atoms with van der Waals surface area (Å²) in [4.78, 5) is 26.4. The molecule has 1 N–H and O–H groups in total. The molecule has 28 heavy (non-hydrogen) atoms. The predicted molar refractivity (Wildman–Crippen MR) is 108 cm³/mol. The van der Waals surface area contributed by atoms with Crippen LogP contribution in [0.25, 0.3) is 10.8 Å². The number of hydrogen-bond acceptors (Lipinski definition) is 4. The Morgan fingerprint density at radius 3 is 2.18 bits per heavy atom. The number of aromatic amines is 1. The number of nitrogens with zero attached hydrogens (tertiary/aromatic N) is 2. The largest absolute Gasteiger partial charge is 0.457 e. The van der Waals surface area contributed by atoms with Crippen molar-refractivity contribution in [3.8, 4) is 11.5 Å². The molecule has 0 atom stereocenters. The minimum atomic E-state index is -0.322. The van der Waals surface area contributed by atoms with Gasteiger partial charge in [0.25, 0.3) is 11.5 Å². The van der Waals surface area contributed by atoms with Crippen molar-refractivity contribution in [1.82, 2.24) is 10.2 Å². The molecule has 6 heteroatoms. The molecular weight excluding hydrogens is 354 g/mol. The molecule has 4 aromatic rings. The number of carbonyl (C=O) groups excluding carboxylic acids is 1. The molecular formula is C22H17N3O3. The Balaban J connectivity index is 1.59. The van der Waals surface area contributed by atoms with Gasteiger partial charge >= 0.3 is 0 Å². The Labute approximate surface area is 161 Å². The number of anilines is 1. The van der Waals surface area contributed by atoms with Crippen LogP contribution in [0.15, 0.2) is 83.7 Å². The van der Waals surface area contributed by atoms with E-state index >= 15 is 0 Å². The van der Waals surface area contributed by atoms with Crippen molar-refractivity contribution in [2.24, 2.45) is 0 Å². The summed E-state index contributed by atoms with van der Waals surface area (Å²) in [7, 11) is 1.66. The smallest absolute Gasteiger partial charge is 0.279 e. The lowest BCUT2D eigenvalue weighted by atomic mass is 10.1. The van der Waals surface area contributed by atoms with Crippen LogP contribution in [0.1, 0.15) is 10.5 Å². The van der Waals surface area contributed by atoms with Gasteiger partial charge < -0.3 is 9.64 Å². The molecule has 0 spiro atoms. The second kappa shape index (κ2) is 7.36. The molecule has 0 aliphatic carbocycles. The van der Waals surface area contributed by atoms with E-state index in [1.165, 1.54) is 4.90 Å². The van der Waals surface area contributed by atoms with Gasteiger partial charge in [-0.15, -0.1) is 0 Å². The van der Waals surface area contributed by atoms with Gasteiger partial charge in [-0.05, 0) is 42.5 Å². The van der Waals surface area contributed by atoms with Gasteiger partial charge in [-0.1, -0.05) is 36.4 Å². The topological polar surface area (TPSA) is 75.3 Å². The second-order valence-electron chi connectivity index (χ2n) is 6.22. The number of H-pyrrole nitrogens is 1. The molecule has 0 fully saturated rings. The normalized spacial score (nSPS) is 10.6. The maximum Gasteiger partial charge on any atom is 0.279 e. The van der Waals surface area contributed by atoms with Gasteiger partial charge in [-0.2, -0.15) is 5.10 Å². The summed E-state index contributed by atoms with van der Waals surface area (Å²) in [5, 5.41) is 7.32. The average Bonchev–Trinajstić information content (AvgIpc) is 2.74. The van der Waals surface area contributed by atoms with E-state index in [0.29, 0.717) is 22.2 Å². The van der Waals surface area contributed by atoms with Gasteiger partial charge in [-0.25, -0.2) is 5.10 Å². The molecule has 0 aliphatic rings. The Kier molecular flexibility index (Phi) is 4.60. The summed E-state index contributed by atoms with van der Waals surface area (Å²) in [5.41, 5.74) is 0.557. The number of amides is 1. The first-order valence-electron chi connectivity index (χ1n) is 8.72. The van der Waals surface area contributed by atoms with Gasteiger partial charge in [0.2, 0.25) is 0 Å². The van der Waals surface area contributed by atoms with Crippen LogP contribution in [0.2, 0.25) is 0 Å². The van der Waals surface area contributed by atoms with Crippen molar-refractivity contribution >= 4 is 22.4 Å². The number of aromatic nitrogens is 2. The predicted octanol–water partition coefficient (Wildman–Crippen LogP) is 3.99. The molecule has 0 unspecified atom stereocenters. The lowest BCUT2D eigenvalue weighted by molar-refractivity contribution is 0.0989. The fourth-order valence-corrected chi connectivity index (χ4v) is 2.92. The number of nitrogens with one attached hydrogen (secondary N) is 1. The summed E-state index contributed by atoms with van der Waals surface area (Å²) < 4.78 is 5.77. The lowest BCUT2D eigenvalue weighted by Gasteiger charge is -2.18. The van der Waals surface area contributed by atoms with Crippen LogP contribution < -0.4 is 15.2 Å². The highest BCUT2D eigenvalue weighted by Gasteiger charge is 2.19. The third-order valence-electron chi connectivity index (χ3n) is 4.41. The number of hydrogen-bond donors (Lipinski definition) is 1. The SMILES string of the molecule is CN(C(=O)c1n[nH]c(=O)c2ccccc12)c1ccc(Oc2ccccc2)cc1. The Morgan fingerprint density at radius 2 is 1.46 bits per heavy atom. The van der Waals surface area contributed by atoms with E-state index in [2.05, 4.69) is 10.2 Å². The van der Waals surface area contributed by atoms with Gasteiger partial charge in [0.1, 0.15) is 11.5 Å². The summed E-state index contributed by atoms with van der Waals surface area (Å²) in [6.07, 6.45) is 0. The standard InChI is InChI=1S/C22H17N3O3/c1-25(15-11-13-17(14-12-15)28-16-7-3-2-4-8-16)22(27)20-18-9-5-6-10-19(18)21(26)24-23-20/h2-14H,1H3,(H,24,26). The van der Waals surface area contributed by atoms with Crippen molar-refractivity contribution in [3.05, 3.63) is 94.9 Å². The van der Waals surface area contributed by atoms with Crippen LogP contribution in [0.5, 0.6) is 11.5 Å². The number of benzene rings is 3. The number of fused-ring (bicyclic) bond motifs is 1. The number of carbonyl (C=O) groups is 1. The molecule has 1 heterocycles. The summed E-state index contributed by atoms with van der Waals surface area (Å²) in [6, 6.07) is 23.6. The van der Waals surface area contributed by atoms with Gasteiger partial charge in [0.05, 0.1) is 5.39 Å². The maximum absolute atomic E-state index is 13.0. The van der Waals surface area contributed by atoms with Crippen LogP contribution in [0.3, 0.4) is 0 Å². The molecule has 4 rings (SSSR count). The fraction of sp³-hybridized carbons (Fsp3) is 0.0455. The number of para-hydroxylation sites is 1. The first kappa shape index (κ1) is 17.5. The molecule has 1 aromatic heterocycles. The number of ether oxygens (including phenoxy) is 1. The zero-order valence-electron chi connectivity index (χ0n) is 15.1. The fourth-order valence-electron chi connectivity index (χ4n) is 2.92. The van der Waals surface area contributed by atoms with Gasteiger partial charge in [-0.3, -0.25) is 9.59 Å². The highest BCUT2D eigenvalue weighted by atomic mass is 16.5. The first-order chi connectivity index (χ1) is 13.6. The summed E-state index contributed by atoms with van der Waals surface area (Å²) in [6.45, 7) is 0. The third kappa shape index (κ3) is 3.35. The summed E-state index contributed by atoms with van der Waals surface area (Å²) in [5.74, 6) is 1.09. The van der Waals surface area contributed by atoms with E-state index in [9.17, 15) is 9.59 Å². The minimum Gasteiger partial charge on any atom is -0.457 e. The van der Waals surface area contributed by atoms with E-state index in [1.54, 1.807) is 55.6 Å². The zero-order chi connectivity index (χ0) is 19.5. The maximum atomic E-state index is 13.0. The molecule has 138 valence electrons. The second-order valence-corrected chi connectivity index (χ2v) is 6.22. The average molecular weight is 371 g/mol. The molecule has 0 saturated carbocycles. The van der Waals surface area contributed by atoms with Crippen LogP contribution in [-0.2, 0) is 0 Å². The van der Waals surface area contributed by atoms with Crippen molar-refractivity contribution in [2.45, 2.75) is 0 Å². The molecule has 3 aromatic carbocycles.